The van der Waals surface area contributed by atoms with Crippen LogP contribution in [0.5, 0.6) is 5.75 Å². The molecule has 1 aliphatic carbocycles. The fourth-order valence-electron chi connectivity index (χ4n) is 3.37. The molecule has 12 heteroatoms. The molecule has 0 unspecified atom stereocenters. The molecule has 1 atom stereocenters. The van der Waals surface area contributed by atoms with Crippen LogP contribution in [0.4, 0.5) is 13.2 Å². The summed E-state index contributed by atoms with van der Waals surface area (Å²) in [4.78, 5) is 14.4. The van der Waals surface area contributed by atoms with Gasteiger partial charge >= 0.3 is 6.36 Å². The zero-order valence-electron chi connectivity index (χ0n) is 18.2. The second kappa shape index (κ2) is 9.93. The number of hydrogen-bond acceptors (Lipinski definition) is 6. The zero-order valence-corrected chi connectivity index (χ0v) is 19.0. The molecule has 0 spiro atoms. The Balaban J connectivity index is 1.48. The van der Waals surface area contributed by atoms with Crippen LogP contribution in [0.3, 0.4) is 0 Å². The molecule has 1 fully saturated rings. The van der Waals surface area contributed by atoms with Gasteiger partial charge in [-0.1, -0.05) is 35.9 Å². The number of nitriles is 1. The Kier molecular flexibility index (Phi) is 6.95. The monoisotopic (exact) mass is 504 g/mol. The average Bonchev–Trinajstić information content (AvgIpc) is 3.43. The van der Waals surface area contributed by atoms with Gasteiger partial charge in [0.25, 0.3) is 0 Å². The molecule has 0 bridgehead atoms. The molecule has 8 nitrogen and oxygen atoms in total. The predicted octanol–water partition coefficient (Wildman–Crippen LogP) is 3.69. The zero-order chi connectivity index (χ0) is 25.1. The minimum Gasteiger partial charge on any atom is -0.404 e. The van der Waals surface area contributed by atoms with Crippen molar-refractivity contribution in [3.63, 3.8) is 0 Å². The van der Waals surface area contributed by atoms with Crippen LogP contribution in [0.15, 0.2) is 54.7 Å². The Hall–Kier alpha value is -3.62. The molecule has 1 heterocycles. The van der Waals surface area contributed by atoms with Crippen molar-refractivity contribution in [2.45, 2.75) is 43.8 Å². The predicted molar refractivity (Wildman–Crippen MR) is 120 cm³/mol. The maximum atomic E-state index is 13.0. The molecule has 0 saturated heterocycles. The maximum Gasteiger partial charge on any atom is 0.573 e. The number of carbonyl (C=O) groups is 1. The van der Waals surface area contributed by atoms with E-state index in [-0.39, 0.29) is 18.0 Å². The summed E-state index contributed by atoms with van der Waals surface area (Å²) in [5, 5.41) is 23.6. The van der Waals surface area contributed by atoms with E-state index in [1.165, 1.54) is 16.9 Å². The maximum absolute atomic E-state index is 13.0. The van der Waals surface area contributed by atoms with Gasteiger partial charge < -0.3 is 10.1 Å². The number of halogens is 4. The molecule has 0 radical (unpaired) electrons. The van der Waals surface area contributed by atoms with Crippen LogP contribution in [0.2, 0.25) is 5.02 Å². The smallest absolute Gasteiger partial charge is 0.404 e. The first-order valence-corrected chi connectivity index (χ1v) is 11.0. The molecule has 1 amide bonds. The Morgan fingerprint density at radius 1 is 1.26 bits per heavy atom. The molecular formula is C23H20ClF3N6O2. The number of hydrogen-bond donors (Lipinski definition) is 2. The molecule has 0 aliphatic heterocycles. The van der Waals surface area contributed by atoms with Gasteiger partial charge in [0.2, 0.25) is 5.91 Å². The molecule has 2 aromatic carbocycles. The van der Waals surface area contributed by atoms with E-state index in [1.54, 1.807) is 6.20 Å². The third-order valence-corrected chi connectivity index (χ3v) is 5.66. The second-order valence-electron chi connectivity index (χ2n) is 8.09. The number of amides is 1. The Bertz CT molecular complexity index is 1240. The van der Waals surface area contributed by atoms with Gasteiger partial charge in [0.1, 0.15) is 11.3 Å². The summed E-state index contributed by atoms with van der Waals surface area (Å²) in [6.07, 6.45) is -2.09. The average molecular weight is 505 g/mol. The van der Waals surface area contributed by atoms with Gasteiger partial charge in [-0.25, -0.2) is 0 Å². The molecule has 4 rings (SSSR count). The Labute approximate surface area is 203 Å². The van der Waals surface area contributed by atoms with Crippen molar-refractivity contribution in [2.75, 3.05) is 0 Å². The summed E-state index contributed by atoms with van der Waals surface area (Å²) < 4.78 is 41.5. The Morgan fingerprint density at radius 2 is 2.00 bits per heavy atom. The first-order chi connectivity index (χ1) is 16.7. The van der Waals surface area contributed by atoms with E-state index >= 15 is 0 Å². The lowest BCUT2D eigenvalue weighted by Crippen LogP contribution is -2.49. The van der Waals surface area contributed by atoms with E-state index in [4.69, 9.17) is 11.6 Å². The highest BCUT2D eigenvalue weighted by molar-refractivity contribution is 6.32. The van der Waals surface area contributed by atoms with Gasteiger partial charge in [-0.2, -0.15) is 20.3 Å². The van der Waals surface area contributed by atoms with Crippen LogP contribution in [-0.2, 0) is 17.8 Å². The largest absolute Gasteiger partial charge is 0.573 e. The lowest BCUT2D eigenvalue weighted by Gasteiger charge is -2.20. The fraction of sp³-hybridized carbons (Fsp3) is 0.304. The molecule has 1 aromatic heterocycles. The first kappa shape index (κ1) is 24.5. The highest BCUT2D eigenvalue weighted by Gasteiger charge is 2.45. The number of ether oxygens (including phenoxy) is 1. The van der Waals surface area contributed by atoms with Crippen molar-refractivity contribution in [3.8, 4) is 17.5 Å². The third-order valence-electron chi connectivity index (χ3n) is 5.36. The molecule has 1 saturated carbocycles. The van der Waals surface area contributed by atoms with Crippen molar-refractivity contribution in [2.24, 2.45) is 0 Å². The van der Waals surface area contributed by atoms with E-state index in [0.29, 0.717) is 24.1 Å². The molecular weight excluding hydrogens is 485 g/mol. The summed E-state index contributed by atoms with van der Waals surface area (Å²) in [6, 6.07) is 14.4. The molecule has 35 heavy (non-hydrogen) atoms. The van der Waals surface area contributed by atoms with Gasteiger partial charge in [0.15, 0.2) is 0 Å². The Morgan fingerprint density at radius 3 is 2.63 bits per heavy atom. The summed E-state index contributed by atoms with van der Waals surface area (Å²) in [5.74, 6) is -0.943. The minimum absolute atomic E-state index is 0.103. The first-order valence-electron chi connectivity index (χ1n) is 10.6. The fourth-order valence-corrected chi connectivity index (χ4v) is 3.62. The van der Waals surface area contributed by atoms with Crippen molar-refractivity contribution < 1.29 is 22.7 Å². The van der Waals surface area contributed by atoms with E-state index in [2.05, 4.69) is 31.6 Å². The van der Waals surface area contributed by atoms with Crippen LogP contribution in [0, 0.1) is 11.3 Å². The minimum atomic E-state index is -4.87. The van der Waals surface area contributed by atoms with E-state index in [1.807, 2.05) is 30.3 Å². The normalized spacial score (nSPS) is 15.2. The van der Waals surface area contributed by atoms with E-state index < -0.39 is 29.6 Å². The van der Waals surface area contributed by atoms with E-state index in [9.17, 15) is 23.2 Å². The number of alkyl halides is 3. The van der Waals surface area contributed by atoms with Gasteiger partial charge in [-0.05, 0) is 49.1 Å². The topological polar surface area (TPSA) is 105 Å². The van der Waals surface area contributed by atoms with Crippen LogP contribution in [0.25, 0.3) is 5.69 Å². The van der Waals surface area contributed by atoms with Crippen molar-refractivity contribution in [3.05, 3.63) is 71.0 Å². The summed E-state index contributed by atoms with van der Waals surface area (Å²) >= 11 is 5.96. The van der Waals surface area contributed by atoms with Crippen molar-refractivity contribution in [1.82, 2.24) is 25.6 Å². The molecule has 1 aliphatic rings. The number of nitrogens with one attached hydrogen (secondary N) is 2. The third kappa shape index (κ3) is 6.49. The SMILES string of the molecule is N#CC1(NC(=O)[C@H](Cc2ccc(OC(F)(F)F)c(Cl)c2)NCc2cnn(-c3ccccc3)n2)CC1. The quantitative estimate of drug-likeness (QED) is 0.460. The highest BCUT2D eigenvalue weighted by Crippen LogP contribution is 2.34. The summed E-state index contributed by atoms with van der Waals surface area (Å²) in [5.41, 5.74) is 0.968. The lowest BCUT2D eigenvalue weighted by atomic mass is 10.0. The van der Waals surface area contributed by atoms with Gasteiger partial charge in [0, 0.05) is 6.54 Å². The number of benzene rings is 2. The van der Waals surface area contributed by atoms with Crippen molar-refractivity contribution in [1.29, 1.82) is 5.26 Å². The van der Waals surface area contributed by atoms with Gasteiger partial charge in [0.05, 0.1) is 34.7 Å². The van der Waals surface area contributed by atoms with Crippen molar-refractivity contribution >= 4 is 17.5 Å². The van der Waals surface area contributed by atoms with Crippen LogP contribution in [-0.4, -0.2) is 38.8 Å². The number of para-hydroxylation sites is 1. The number of aromatic nitrogens is 3. The van der Waals surface area contributed by atoms with Gasteiger partial charge in [-0.15, -0.1) is 13.2 Å². The molecule has 3 aromatic rings. The number of carbonyl (C=O) groups excluding carboxylic acids is 1. The van der Waals surface area contributed by atoms with Crippen LogP contribution < -0.4 is 15.4 Å². The lowest BCUT2D eigenvalue weighted by molar-refractivity contribution is -0.274. The number of nitrogens with zero attached hydrogens (tertiary/aromatic N) is 4. The summed E-state index contributed by atoms with van der Waals surface area (Å²) in [6.45, 7) is 0.188. The van der Waals surface area contributed by atoms with Crippen LogP contribution >= 0.6 is 11.6 Å². The van der Waals surface area contributed by atoms with Crippen LogP contribution in [0.1, 0.15) is 24.1 Å². The standard InChI is InChI=1S/C23H20ClF3N6O2/c24-18-10-15(6-7-20(18)35-23(25,26)27)11-19(21(34)31-22(14-28)8-9-22)29-12-16-13-30-33(32-16)17-4-2-1-3-5-17/h1-7,10,13,19,29H,8-9,11-12H2,(H,31,34)/t19-/m0/s1. The second-order valence-corrected chi connectivity index (χ2v) is 8.50. The molecule has 182 valence electrons. The van der Waals surface area contributed by atoms with E-state index in [0.717, 1.165) is 11.8 Å². The van der Waals surface area contributed by atoms with Gasteiger partial charge in [-0.3, -0.25) is 10.1 Å². The molecule has 2 N–H and O–H groups in total. The number of rotatable bonds is 9. The highest BCUT2D eigenvalue weighted by atomic mass is 35.5. The summed E-state index contributed by atoms with van der Waals surface area (Å²) in [7, 11) is 0.